The average molecular weight is 549 g/mol. The van der Waals surface area contributed by atoms with Gasteiger partial charge in [-0.2, -0.15) is 0 Å². The molecule has 0 aromatic rings. The minimum atomic E-state index is -0.942. The number of carboxylic acid groups (broad SMARTS) is 1. The van der Waals surface area contributed by atoms with E-state index in [4.69, 9.17) is 9.84 Å². The summed E-state index contributed by atoms with van der Waals surface area (Å²) in [5, 5.41) is 9.03. The highest BCUT2D eigenvalue weighted by molar-refractivity contribution is 5.79. The Morgan fingerprint density at radius 1 is 0.641 bits per heavy atom. The molecule has 228 valence electrons. The van der Waals surface area contributed by atoms with Crippen molar-refractivity contribution in [3.63, 3.8) is 0 Å². The molecule has 1 atom stereocenters. The van der Waals surface area contributed by atoms with Gasteiger partial charge in [-0.3, -0.25) is 9.59 Å². The van der Waals surface area contributed by atoms with Crippen molar-refractivity contribution in [2.75, 3.05) is 6.61 Å². The molecule has 0 amide bonds. The van der Waals surface area contributed by atoms with Gasteiger partial charge in [0.05, 0.1) is 12.3 Å². The number of aliphatic carboxylic acids is 1. The van der Waals surface area contributed by atoms with E-state index in [1.54, 1.807) is 0 Å². The third-order valence-corrected chi connectivity index (χ3v) is 7.66. The summed E-state index contributed by atoms with van der Waals surface area (Å²) in [6, 6.07) is 0. The molecule has 0 radical (unpaired) electrons. The predicted molar refractivity (Wildman–Crippen MR) is 167 cm³/mol. The molecule has 0 saturated heterocycles. The van der Waals surface area contributed by atoms with Gasteiger partial charge in [0.2, 0.25) is 0 Å². The van der Waals surface area contributed by atoms with Gasteiger partial charge in [-0.15, -0.1) is 0 Å². The molecule has 1 unspecified atom stereocenters. The monoisotopic (exact) mass is 548 g/mol. The number of carbonyl (C=O) groups is 2. The maximum atomic E-state index is 12.0. The molecule has 4 heteroatoms. The van der Waals surface area contributed by atoms with Gasteiger partial charge in [0.15, 0.2) is 0 Å². The first-order chi connectivity index (χ1) is 19.1. The third kappa shape index (κ3) is 29.2. The van der Waals surface area contributed by atoms with Gasteiger partial charge in [0.1, 0.15) is 6.61 Å². The van der Waals surface area contributed by atoms with E-state index in [1.807, 2.05) is 0 Å². The Labute approximate surface area is 242 Å². The summed E-state index contributed by atoms with van der Waals surface area (Å²) in [4.78, 5) is 23.0. The normalized spacial score (nSPS) is 12.1. The maximum absolute atomic E-state index is 12.0. The fraction of sp³-hybridized carbons (Fsp3) is 0.829. The lowest BCUT2D eigenvalue weighted by molar-refractivity contribution is -0.152. The highest BCUT2D eigenvalue weighted by Gasteiger charge is 2.22. The molecule has 0 heterocycles. The van der Waals surface area contributed by atoms with Crippen molar-refractivity contribution in [1.82, 2.24) is 0 Å². The topological polar surface area (TPSA) is 63.6 Å². The molecular weight excluding hydrogens is 484 g/mol. The number of carbonyl (C=O) groups excluding carboxylic acids is 1. The molecule has 0 aromatic carbocycles. The van der Waals surface area contributed by atoms with E-state index in [2.05, 4.69) is 25.7 Å². The zero-order valence-corrected chi connectivity index (χ0v) is 25.8. The van der Waals surface area contributed by atoms with Crippen molar-refractivity contribution < 1.29 is 19.4 Å². The number of ether oxygens (including phenoxy) is 1. The number of rotatable bonds is 31. The van der Waals surface area contributed by atoms with Crippen LogP contribution >= 0.6 is 0 Å². The molecule has 4 nitrogen and oxygen atoms in total. The van der Waals surface area contributed by atoms with Crippen molar-refractivity contribution in [2.24, 2.45) is 5.92 Å². The summed E-state index contributed by atoms with van der Waals surface area (Å²) < 4.78 is 5.04. The number of hydrogen-bond donors (Lipinski definition) is 1. The van der Waals surface area contributed by atoms with Crippen LogP contribution in [0.15, 0.2) is 24.8 Å². The second-order valence-corrected chi connectivity index (χ2v) is 11.5. The SMILES string of the molecule is C=CCOC(=O)C(CCCCCCCCCCCCCCCC/C=C/CCCCCCCCCC)CC(=O)O. The van der Waals surface area contributed by atoms with Crippen molar-refractivity contribution in [2.45, 2.75) is 174 Å². The van der Waals surface area contributed by atoms with Crippen LogP contribution in [0.5, 0.6) is 0 Å². The maximum Gasteiger partial charge on any atom is 0.309 e. The minimum Gasteiger partial charge on any atom is -0.481 e. The van der Waals surface area contributed by atoms with E-state index in [0.717, 1.165) is 19.3 Å². The van der Waals surface area contributed by atoms with Gasteiger partial charge >= 0.3 is 11.9 Å². The number of esters is 1. The standard InChI is InChI=1S/C35H64O4/c1-3-5-6-7-8-9-10-11-12-13-14-15-16-17-18-19-20-21-22-23-24-25-26-27-28-29-30-33(32-34(36)37)35(38)39-31-4-2/h4,13-14,33H,2-3,5-12,15-32H2,1H3,(H,36,37)/b14-13+. The summed E-state index contributed by atoms with van der Waals surface area (Å²) >= 11 is 0. The van der Waals surface area contributed by atoms with Crippen LogP contribution in [0.25, 0.3) is 0 Å². The van der Waals surface area contributed by atoms with Crippen LogP contribution in [0.3, 0.4) is 0 Å². The lowest BCUT2D eigenvalue weighted by Gasteiger charge is -2.13. The molecule has 0 spiro atoms. The van der Waals surface area contributed by atoms with Gasteiger partial charge < -0.3 is 9.84 Å². The Balaban J connectivity index is 3.35. The molecule has 0 bridgehead atoms. The van der Waals surface area contributed by atoms with Gasteiger partial charge in [-0.25, -0.2) is 0 Å². The molecule has 1 N–H and O–H groups in total. The molecule has 39 heavy (non-hydrogen) atoms. The predicted octanol–water partition coefficient (Wildman–Crippen LogP) is 11.1. The largest absolute Gasteiger partial charge is 0.481 e. The number of carboxylic acids is 1. The van der Waals surface area contributed by atoms with Crippen molar-refractivity contribution in [3.05, 3.63) is 24.8 Å². The van der Waals surface area contributed by atoms with Gasteiger partial charge in [-0.1, -0.05) is 160 Å². The second-order valence-electron chi connectivity index (χ2n) is 11.5. The Kier molecular flexibility index (Phi) is 29.7. The van der Waals surface area contributed by atoms with E-state index < -0.39 is 17.9 Å². The molecule has 0 aliphatic heterocycles. The highest BCUT2D eigenvalue weighted by atomic mass is 16.5. The number of unbranched alkanes of at least 4 members (excludes halogenated alkanes) is 22. The molecule has 0 fully saturated rings. The Morgan fingerprint density at radius 2 is 1.03 bits per heavy atom. The molecule has 0 rings (SSSR count). The van der Waals surface area contributed by atoms with Crippen LogP contribution in [0.4, 0.5) is 0 Å². The Morgan fingerprint density at radius 3 is 1.41 bits per heavy atom. The van der Waals surface area contributed by atoms with Crippen LogP contribution < -0.4 is 0 Å². The first kappa shape index (κ1) is 37.4. The summed E-state index contributed by atoms with van der Waals surface area (Å²) in [5.74, 6) is -1.88. The number of allylic oxidation sites excluding steroid dienone is 2. The quantitative estimate of drug-likeness (QED) is 0.0531. The van der Waals surface area contributed by atoms with Crippen LogP contribution in [0.2, 0.25) is 0 Å². The molecule has 0 aliphatic carbocycles. The van der Waals surface area contributed by atoms with E-state index in [0.29, 0.717) is 6.42 Å². The lowest BCUT2D eigenvalue weighted by Crippen LogP contribution is -2.21. The molecular formula is C35H64O4. The van der Waals surface area contributed by atoms with E-state index in [-0.39, 0.29) is 13.0 Å². The zero-order chi connectivity index (χ0) is 28.7. The van der Waals surface area contributed by atoms with E-state index in [1.165, 1.54) is 141 Å². The van der Waals surface area contributed by atoms with E-state index in [9.17, 15) is 9.59 Å². The van der Waals surface area contributed by atoms with Crippen molar-refractivity contribution in [3.8, 4) is 0 Å². The summed E-state index contributed by atoms with van der Waals surface area (Å²) in [6.07, 6.45) is 38.6. The lowest BCUT2D eigenvalue weighted by atomic mass is 9.97. The highest BCUT2D eigenvalue weighted by Crippen LogP contribution is 2.18. The molecule has 0 aliphatic rings. The summed E-state index contributed by atoms with van der Waals surface area (Å²) in [5.41, 5.74) is 0. The third-order valence-electron chi connectivity index (χ3n) is 7.66. The fourth-order valence-corrected chi connectivity index (χ4v) is 5.18. The molecule has 0 aromatic heterocycles. The van der Waals surface area contributed by atoms with Crippen molar-refractivity contribution >= 4 is 11.9 Å². The zero-order valence-electron chi connectivity index (χ0n) is 25.8. The second kappa shape index (κ2) is 31.0. The smallest absolute Gasteiger partial charge is 0.309 e. The van der Waals surface area contributed by atoms with Gasteiger partial charge in [0.25, 0.3) is 0 Å². The number of hydrogen-bond acceptors (Lipinski definition) is 3. The fourth-order valence-electron chi connectivity index (χ4n) is 5.18. The first-order valence-electron chi connectivity index (χ1n) is 16.8. The van der Waals surface area contributed by atoms with Crippen molar-refractivity contribution in [1.29, 1.82) is 0 Å². The van der Waals surface area contributed by atoms with Gasteiger partial charge in [-0.05, 0) is 32.1 Å². The van der Waals surface area contributed by atoms with Crippen LogP contribution in [0, 0.1) is 5.92 Å². The Hall–Kier alpha value is -1.58. The van der Waals surface area contributed by atoms with Crippen LogP contribution in [-0.2, 0) is 14.3 Å². The summed E-state index contributed by atoms with van der Waals surface area (Å²) in [7, 11) is 0. The molecule has 0 saturated carbocycles. The minimum absolute atomic E-state index is 0.145. The first-order valence-corrected chi connectivity index (χ1v) is 16.8. The van der Waals surface area contributed by atoms with Crippen LogP contribution in [-0.4, -0.2) is 23.7 Å². The summed E-state index contributed by atoms with van der Waals surface area (Å²) in [6.45, 7) is 5.95. The average Bonchev–Trinajstić information content (AvgIpc) is 2.92. The van der Waals surface area contributed by atoms with E-state index >= 15 is 0 Å². The Bertz CT molecular complexity index is 583. The van der Waals surface area contributed by atoms with Crippen LogP contribution in [0.1, 0.15) is 174 Å². The van der Waals surface area contributed by atoms with Gasteiger partial charge in [0, 0.05) is 0 Å².